The zero-order chi connectivity index (χ0) is 17.0. The topological polar surface area (TPSA) is 80.0 Å². The van der Waals surface area contributed by atoms with Gasteiger partial charge in [-0.15, -0.1) is 5.10 Å². The Morgan fingerprint density at radius 1 is 1.20 bits per heavy atom. The summed E-state index contributed by atoms with van der Waals surface area (Å²) in [4.78, 5) is 30.6. The Hall–Kier alpha value is -2.51. The number of hydrogen-bond acceptors (Lipinski definition) is 6. The molecule has 2 unspecified atom stereocenters. The van der Waals surface area contributed by atoms with E-state index < -0.39 is 0 Å². The summed E-state index contributed by atoms with van der Waals surface area (Å²) >= 11 is 0. The second-order valence-electron chi connectivity index (χ2n) is 7.19. The molecule has 2 bridgehead atoms. The average Bonchev–Trinajstić information content (AvgIpc) is 3.33. The number of aryl methyl sites for hydroxylation is 1. The first kappa shape index (κ1) is 14.8. The normalized spacial score (nSPS) is 24.7. The molecule has 0 N–H and O–H groups in total. The number of aromatic nitrogens is 5. The highest BCUT2D eigenvalue weighted by atomic mass is 16.2. The lowest BCUT2D eigenvalue weighted by atomic mass is 9.78. The van der Waals surface area contributed by atoms with E-state index in [1.165, 1.54) is 12.8 Å². The zero-order valence-electron chi connectivity index (χ0n) is 14.3. The van der Waals surface area contributed by atoms with Crippen LogP contribution >= 0.6 is 0 Å². The first-order chi connectivity index (χ1) is 12.2. The summed E-state index contributed by atoms with van der Waals surface area (Å²) in [5.74, 6) is 1.32. The van der Waals surface area contributed by atoms with Crippen LogP contribution in [0.5, 0.6) is 0 Å². The first-order valence-corrected chi connectivity index (χ1v) is 8.99. The van der Waals surface area contributed by atoms with Crippen molar-refractivity contribution in [2.75, 3.05) is 24.5 Å². The molecule has 25 heavy (non-hydrogen) atoms. The highest BCUT2D eigenvalue weighted by molar-refractivity contribution is 5.91. The van der Waals surface area contributed by atoms with Crippen LogP contribution in [0.2, 0.25) is 0 Å². The Kier molecular flexibility index (Phi) is 3.26. The highest BCUT2D eigenvalue weighted by Gasteiger charge is 2.43. The third kappa shape index (κ3) is 2.31. The predicted octanol–water partition coefficient (Wildman–Crippen LogP) is 1.28. The highest BCUT2D eigenvalue weighted by Crippen LogP contribution is 2.46. The van der Waals surface area contributed by atoms with Crippen molar-refractivity contribution in [3.8, 4) is 0 Å². The molecule has 0 radical (unpaired) electrons. The molecule has 4 aliphatic rings. The molecule has 6 rings (SSSR count). The minimum Gasteiger partial charge on any atom is -0.341 e. The lowest BCUT2D eigenvalue weighted by Gasteiger charge is -2.45. The van der Waals surface area contributed by atoms with Crippen molar-refractivity contribution < 1.29 is 4.79 Å². The molecule has 2 fully saturated rings. The fraction of sp³-hybridized carbons (Fsp3) is 0.588. The average molecular weight is 339 g/mol. The number of piperidine rings is 1. The van der Waals surface area contributed by atoms with E-state index in [9.17, 15) is 4.79 Å². The Bertz CT molecular complexity index is 826. The molecule has 0 aromatic carbocycles. The number of fused-ring (bicyclic) bond motifs is 2. The maximum absolute atomic E-state index is 12.8. The van der Waals surface area contributed by atoms with E-state index in [4.69, 9.17) is 4.98 Å². The summed E-state index contributed by atoms with van der Waals surface area (Å²) in [6.45, 7) is 2.79. The van der Waals surface area contributed by atoms with Crippen LogP contribution in [0.1, 0.15) is 59.5 Å². The molecule has 0 saturated carbocycles. The van der Waals surface area contributed by atoms with Crippen LogP contribution < -0.4 is 4.90 Å². The van der Waals surface area contributed by atoms with Gasteiger partial charge in [0, 0.05) is 44.4 Å². The van der Waals surface area contributed by atoms with E-state index in [1.54, 1.807) is 18.1 Å². The lowest BCUT2D eigenvalue weighted by Crippen LogP contribution is -2.46. The summed E-state index contributed by atoms with van der Waals surface area (Å²) in [5.41, 5.74) is 2.25. The number of carbonyl (C=O) groups excluding carboxylic acids is 1. The van der Waals surface area contributed by atoms with Gasteiger partial charge in [-0.05, 0) is 25.7 Å². The van der Waals surface area contributed by atoms with Crippen molar-refractivity contribution in [3.63, 3.8) is 0 Å². The molecule has 5 heterocycles. The molecule has 3 aliphatic heterocycles. The van der Waals surface area contributed by atoms with Gasteiger partial charge < -0.3 is 9.80 Å². The third-order valence-electron chi connectivity index (χ3n) is 5.60. The Morgan fingerprint density at radius 2 is 2.04 bits per heavy atom. The fourth-order valence-corrected chi connectivity index (χ4v) is 4.36. The van der Waals surface area contributed by atoms with E-state index in [2.05, 4.69) is 20.0 Å². The predicted molar refractivity (Wildman–Crippen MR) is 90.2 cm³/mol. The summed E-state index contributed by atoms with van der Waals surface area (Å²) < 4.78 is 1.56. The summed E-state index contributed by atoms with van der Waals surface area (Å²) in [7, 11) is 1.77. The van der Waals surface area contributed by atoms with Crippen molar-refractivity contribution >= 4 is 11.9 Å². The molecule has 1 amide bonds. The van der Waals surface area contributed by atoms with Gasteiger partial charge in [-0.1, -0.05) is 0 Å². The minimum atomic E-state index is -0.0930. The van der Waals surface area contributed by atoms with Crippen LogP contribution in [0.3, 0.4) is 0 Å². The number of amides is 1. The number of nitrogens with zero attached hydrogens (tertiary/aromatic N) is 7. The first-order valence-electron chi connectivity index (χ1n) is 8.99. The van der Waals surface area contributed by atoms with Crippen LogP contribution in [-0.4, -0.2) is 55.2 Å². The van der Waals surface area contributed by atoms with E-state index in [0.717, 1.165) is 43.1 Å². The largest absolute Gasteiger partial charge is 0.341 e. The van der Waals surface area contributed by atoms with Crippen molar-refractivity contribution in [1.82, 2.24) is 29.6 Å². The van der Waals surface area contributed by atoms with Gasteiger partial charge in [0.2, 0.25) is 11.8 Å². The second-order valence-corrected chi connectivity index (χ2v) is 7.19. The van der Waals surface area contributed by atoms with Gasteiger partial charge in [0.1, 0.15) is 6.33 Å². The number of anilines is 1. The van der Waals surface area contributed by atoms with Gasteiger partial charge in [-0.2, -0.15) is 0 Å². The molecule has 2 saturated heterocycles. The smallest absolute Gasteiger partial charge is 0.294 e. The SMILES string of the molecule is Cn1cnc(C(=O)N2CC3CCC2c2cnc(N4CCCC4)nc23)n1. The Labute approximate surface area is 145 Å². The van der Waals surface area contributed by atoms with Crippen LogP contribution in [0, 0.1) is 0 Å². The van der Waals surface area contributed by atoms with Crippen LogP contribution in [0.15, 0.2) is 12.5 Å². The number of carbonyl (C=O) groups is 1. The van der Waals surface area contributed by atoms with Gasteiger partial charge in [-0.25, -0.2) is 15.0 Å². The Morgan fingerprint density at radius 3 is 2.80 bits per heavy atom. The maximum Gasteiger partial charge on any atom is 0.294 e. The monoisotopic (exact) mass is 339 g/mol. The summed E-state index contributed by atoms with van der Waals surface area (Å²) in [6, 6.07) is 0.0453. The van der Waals surface area contributed by atoms with Crippen molar-refractivity contribution in [3.05, 3.63) is 29.6 Å². The molecule has 8 heteroatoms. The molecule has 1 aliphatic carbocycles. The third-order valence-corrected chi connectivity index (χ3v) is 5.60. The summed E-state index contributed by atoms with van der Waals surface area (Å²) in [6.07, 6.45) is 7.97. The van der Waals surface area contributed by atoms with Crippen LogP contribution in [0.25, 0.3) is 0 Å². The number of hydrogen-bond donors (Lipinski definition) is 0. The van der Waals surface area contributed by atoms with E-state index in [0.29, 0.717) is 6.54 Å². The minimum absolute atomic E-state index is 0.0453. The molecule has 8 nitrogen and oxygen atoms in total. The van der Waals surface area contributed by atoms with Crippen LogP contribution in [-0.2, 0) is 7.05 Å². The standard InChI is InChI=1S/C17H21N7O/c1-22-10-19-15(21-22)16(25)24-9-11-4-5-13(24)12-8-18-17(20-14(11)12)23-6-2-3-7-23/h8,10-11,13H,2-7,9H2,1H3. The maximum atomic E-state index is 12.8. The van der Waals surface area contributed by atoms with E-state index in [-0.39, 0.29) is 23.7 Å². The fourth-order valence-electron chi connectivity index (χ4n) is 4.36. The zero-order valence-corrected chi connectivity index (χ0v) is 14.3. The van der Waals surface area contributed by atoms with Crippen molar-refractivity contribution in [2.45, 2.75) is 37.6 Å². The number of rotatable bonds is 2. The van der Waals surface area contributed by atoms with Gasteiger partial charge in [0.25, 0.3) is 5.91 Å². The van der Waals surface area contributed by atoms with Gasteiger partial charge in [0.05, 0.1) is 11.7 Å². The van der Waals surface area contributed by atoms with E-state index in [1.807, 2.05) is 11.1 Å². The van der Waals surface area contributed by atoms with Crippen molar-refractivity contribution in [1.29, 1.82) is 0 Å². The molecule has 130 valence electrons. The van der Waals surface area contributed by atoms with Gasteiger partial charge in [-0.3, -0.25) is 9.48 Å². The molecule has 0 spiro atoms. The van der Waals surface area contributed by atoms with Gasteiger partial charge >= 0.3 is 0 Å². The molecular weight excluding hydrogens is 318 g/mol. The van der Waals surface area contributed by atoms with Crippen LogP contribution in [0.4, 0.5) is 5.95 Å². The molecular formula is C17H21N7O. The molecule has 2 aromatic rings. The quantitative estimate of drug-likeness (QED) is 0.820. The second kappa shape index (κ2) is 5.50. The van der Waals surface area contributed by atoms with Gasteiger partial charge in [0.15, 0.2) is 0 Å². The molecule has 2 aromatic heterocycles. The Balaban J connectivity index is 1.47. The van der Waals surface area contributed by atoms with Crippen molar-refractivity contribution in [2.24, 2.45) is 7.05 Å². The lowest BCUT2D eigenvalue weighted by molar-refractivity contribution is 0.0522. The van der Waals surface area contributed by atoms with E-state index >= 15 is 0 Å². The summed E-state index contributed by atoms with van der Waals surface area (Å²) in [5, 5.41) is 4.17. The molecule has 2 atom stereocenters.